The molecule has 2 fully saturated rings. The van der Waals surface area contributed by atoms with Crippen LogP contribution in [-0.2, 0) is 10.2 Å². The Balaban J connectivity index is 1.65. The van der Waals surface area contributed by atoms with Crippen molar-refractivity contribution in [3.8, 4) is 0 Å². The van der Waals surface area contributed by atoms with Gasteiger partial charge in [0.05, 0.1) is 5.41 Å². The number of hydrogen-bond acceptors (Lipinski definition) is 2. The number of nitrogens with one attached hydrogen (secondary N) is 2. The van der Waals surface area contributed by atoms with E-state index >= 15 is 0 Å². The van der Waals surface area contributed by atoms with Gasteiger partial charge in [0.15, 0.2) is 0 Å². The number of carbonyl (C=O) groups is 1. The highest BCUT2D eigenvalue weighted by Gasteiger charge is 2.51. The topological polar surface area (TPSA) is 41.1 Å². The van der Waals surface area contributed by atoms with Gasteiger partial charge in [0, 0.05) is 17.6 Å². The third-order valence-corrected chi connectivity index (χ3v) is 4.97. The molecule has 0 radical (unpaired) electrons. The zero-order valence-electron chi connectivity index (χ0n) is 12.3. The van der Waals surface area contributed by atoms with Crippen molar-refractivity contribution in [3.05, 3.63) is 34.9 Å². The van der Waals surface area contributed by atoms with Crippen LogP contribution < -0.4 is 10.6 Å². The van der Waals surface area contributed by atoms with E-state index in [2.05, 4.69) is 10.6 Å². The van der Waals surface area contributed by atoms with Crippen molar-refractivity contribution in [2.45, 2.75) is 50.0 Å². The molecule has 4 heteroatoms. The largest absolute Gasteiger partial charge is 0.351 e. The number of rotatable bonds is 3. The zero-order valence-corrected chi connectivity index (χ0v) is 13.1. The molecular formula is C17H23ClN2O. The zero-order chi connectivity index (χ0) is 14.7. The van der Waals surface area contributed by atoms with Crippen LogP contribution in [0.1, 0.15) is 44.1 Å². The molecule has 3 nitrogen and oxygen atoms in total. The monoisotopic (exact) mass is 306 g/mol. The summed E-state index contributed by atoms with van der Waals surface area (Å²) in [4.78, 5) is 12.7. The molecule has 0 aromatic heterocycles. The van der Waals surface area contributed by atoms with Gasteiger partial charge >= 0.3 is 0 Å². The normalized spacial score (nSPS) is 24.7. The average Bonchev–Trinajstić information content (AvgIpc) is 3.24. The lowest BCUT2D eigenvalue weighted by Crippen LogP contribution is -2.47. The van der Waals surface area contributed by atoms with E-state index in [-0.39, 0.29) is 17.4 Å². The standard InChI is InChI=1S/C17H23ClN2O/c18-14-7-5-13(6-8-14)17(9-10-17)16(21)20-15-4-2-1-3-11-19-12-15/h5-8,15,19H,1-4,9-12H2,(H,20,21). The molecule has 0 bridgehead atoms. The van der Waals surface area contributed by atoms with Crippen molar-refractivity contribution in [3.63, 3.8) is 0 Å². The van der Waals surface area contributed by atoms with Crippen molar-refractivity contribution in [1.82, 2.24) is 10.6 Å². The van der Waals surface area contributed by atoms with Crippen LogP contribution in [0, 0.1) is 0 Å². The SMILES string of the molecule is O=C(NC1CCCCCNC1)C1(c2ccc(Cl)cc2)CC1. The van der Waals surface area contributed by atoms with Crippen LogP contribution in [0.3, 0.4) is 0 Å². The Morgan fingerprint density at radius 2 is 1.95 bits per heavy atom. The lowest BCUT2D eigenvalue weighted by molar-refractivity contribution is -0.124. The molecule has 1 saturated heterocycles. The van der Waals surface area contributed by atoms with Gasteiger partial charge in [-0.15, -0.1) is 0 Å². The lowest BCUT2D eigenvalue weighted by Gasteiger charge is -2.25. The summed E-state index contributed by atoms with van der Waals surface area (Å²) in [5.74, 6) is 0.192. The highest BCUT2D eigenvalue weighted by Crippen LogP contribution is 2.48. The molecule has 1 atom stereocenters. The number of hydrogen-bond donors (Lipinski definition) is 2. The fraction of sp³-hybridized carbons (Fsp3) is 0.588. The predicted octanol–water partition coefficient (Wildman–Crippen LogP) is 3.02. The molecule has 114 valence electrons. The van der Waals surface area contributed by atoms with Gasteiger partial charge in [-0.1, -0.05) is 36.6 Å². The number of benzene rings is 1. The van der Waals surface area contributed by atoms with Crippen molar-refractivity contribution >= 4 is 17.5 Å². The van der Waals surface area contributed by atoms with Gasteiger partial charge in [0.2, 0.25) is 5.91 Å². The summed E-state index contributed by atoms with van der Waals surface area (Å²) in [6, 6.07) is 8.00. The fourth-order valence-electron chi connectivity index (χ4n) is 3.18. The van der Waals surface area contributed by atoms with E-state index in [0.29, 0.717) is 0 Å². The lowest BCUT2D eigenvalue weighted by atomic mass is 9.94. The minimum atomic E-state index is -0.299. The molecule has 1 heterocycles. The van der Waals surface area contributed by atoms with Crippen LogP contribution in [0.4, 0.5) is 0 Å². The minimum absolute atomic E-state index is 0.192. The van der Waals surface area contributed by atoms with E-state index in [1.807, 2.05) is 24.3 Å². The maximum atomic E-state index is 12.7. The molecule has 1 aliphatic heterocycles. The summed E-state index contributed by atoms with van der Waals surface area (Å²) in [5.41, 5.74) is 0.802. The minimum Gasteiger partial charge on any atom is -0.351 e. The predicted molar refractivity (Wildman–Crippen MR) is 85.6 cm³/mol. The maximum absolute atomic E-state index is 12.7. The highest BCUT2D eigenvalue weighted by molar-refractivity contribution is 6.30. The van der Waals surface area contributed by atoms with Crippen molar-refractivity contribution < 1.29 is 4.79 Å². The second-order valence-electron chi connectivity index (χ2n) is 6.31. The van der Waals surface area contributed by atoms with E-state index in [4.69, 9.17) is 11.6 Å². The third-order valence-electron chi connectivity index (χ3n) is 4.71. The highest BCUT2D eigenvalue weighted by atomic mass is 35.5. The molecule has 2 N–H and O–H groups in total. The van der Waals surface area contributed by atoms with Crippen molar-refractivity contribution in [1.29, 1.82) is 0 Å². The van der Waals surface area contributed by atoms with Gasteiger partial charge in [0.25, 0.3) is 0 Å². The molecule has 3 rings (SSSR count). The Morgan fingerprint density at radius 3 is 2.67 bits per heavy atom. The van der Waals surface area contributed by atoms with Crippen LogP contribution in [0.2, 0.25) is 5.02 Å². The number of halogens is 1. The maximum Gasteiger partial charge on any atom is 0.230 e. The Bertz CT molecular complexity index is 488. The second kappa shape index (κ2) is 6.37. The quantitative estimate of drug-likeness (QED) is 0.901. The molecule has 0 spiro atoms. The average molecular weight is 307 g/mol. The van der Waals surface area contributed by atoms with E-state index in [0.717, 1.165) is 42.9 Å². The van der Waals surface area contributed by atoms with Crippen LogP contribution in [0.25, 0.3) is 0 Å². The van der Waals surface area contributed by atoms with Crippen molar-refractivity contribution in [2.24, 2.45) is 0 Å². The van der Waals surface area contributed by atoms with Crippen LogP contribution in [0.5, 0.6) is 0 Å². The summed E-state index contributed by atoms with van der Waals surface area (Å²) in [5, 5.41) is 7.42. The van der Waals surface area contributed by atoms with Crippen LogP contribution in [0.15, 0.2) is 24.3 Å². The Hall–Kier alpha value is -1.06. The van der Waals surface area contributed by atoms with Gasteiger partial charge in [-0.25, -0.2) is 0 Å². The summed E-state index contributed by atoms with van der Waals surface area (Å²) < 4.78 is 0. The summed E-state index contributed by atoms with van der Waals surface area (Å²) in [6.07, 6.45) is 6.67. The van der Waals surface area contributed by atoms with E-state index in [1.165, 1.54) is 19.3 Å². The first-order valence-electron chi connectivity index (χ1n) is 7.98. The molecule has 1 amide bonds. The summed E-state index contributed by atoms with van der Waals surface area (Å²) in [7, 11) is 0. The van der Waals surface area contributed by atoms with E-state index < -0.39 is 0 Å². The van der Waals surface area contributed by atoms with E-state index in [9.17, 15) is 4.79 Å². The van der Waals surface area contributed by atoms with Gasteiger partial charge in [-0.05, 0) is 49.9 Å². The van der Waals surface area contributed by atoms with Crippen LogP contribution >= 0.6 is 11.6 Å². The summed E-state index contributed by atoms with van der Waals surface area (Å²) >= 11 is 5.94. The van der Waals surface area contributed by atoms with Gasteiger partial charge in [-0.2, -0.15) is 0 Å². The number of carbonyl (C=O) groups excluding carboxylic acids is 1. The molecule has 1 aromatic rings. The van der Waals surface area contributed by atoms with E-state index in [1.54, 1.807) is 0 Å². The fourth-order valence-corrected chi connectivity index (χ4v) is 3.31. The first-order chi connectivity index (χ1) is 10.2. The first-order valence-corrected chi connectivity index (χ1v) is 8.36. The molecule has 1 aliphatic carbocycles. The van der Waals surface area contributed by atoms with Crippen molar-refractivity contribution in [2.75, 3.05) is 13.1 Å². The van der Waals surface area contributed by atoms with Gasteiger partial charge in [0.1, 0.15) is 0 Å². The first kappa shape index (κ1) is 14.9. The molecule has 21 heavy (non-hydrogen) atoms. The Labute approximate surface area is 131 Å². The molecule has 1 unspecified atom stereocenters. The molecule has 1 aromatic carbocycles. The Morgan fingerprint density at radius 1 is 1.19 bits per heavy atom. The van der Waals surface area contributed by atoms with Gasteiger partial charge in [-0.3, -0.25) is 4.79 Å². The molecular weight excluding hydrogens is 284 g/mol. The smallest absolute Gasteiger partial charge is 0.230 e. The summed E-state index contributed by atoms with van der Waals surface area (Å²) in [6.45, 7) is 1.96. The third kappa shape index (κ3) is 3.41. The van der Waals surface area contributed by atoms with Gasteiger partial charge < -0.3 is 10.6 Å². The molecule has 1 saturated carbocycles. The Kier molecular flexibility index (Phi) is 4.51. The molecule has 2 aliphatic rings. The number of amides is 1. The second-order valence-corrected chi connectivity index (χ2v) is 6.75. The van der Waals surface area contributed by atoms with Crippen LogP contribution in [-0.4, -0.2) is 25.0 Å².